The van der Waals surface area contributed by atoms with E-state index in [1.54, 1.807) is 0 Å². The monoisotopic (exact) mass is 186 g/mol. The Balaban J connectivity index is 2.26. The van der Waals surface area contributed by atoms with Crippen LogP contribution in [0, 0.1) is 0 Å². The molecule has 2 aliphatic rings. The molecular formula is C7H6O6. The van der Waals surface area contributed by atoms with Gasteiger partial charge in [-0.15, -0.1) is 0 Å². The Morgan fingerprint density at radius 3 is 2.15 bits per heavy atom. The molecule has 6 nitrogen and oxygen atoms in total. The van der Waals surface area contributed by atoms with Crippen LogP contribution in [0.25, 0.3) is 0 Å². The number of carbonyl (C=O) groups excluding carboxylic acids is 3. The van der Waals surface area contributed by atoms with Gasteiger partial charge in [0.25, 0.3) is 0 Å². The summed E-state index contributed by atoms with van der Waals surface area (Å²) in [5, 5.41) is 0. The molecule has 0 N–H and O–H groups in total. The molecular weight excluding hydrogens is 180 g/mol. The standard InChI is InChI=1S/C7H6O6/c8-4-1-7(2-5(9)13-4)6(10)11-3-12-7/h1-3H2. The predicted octanol–water partition coefficient (Wildman–Crippen LogP) is -0.880. The van der Waals surface area contributed by atoms with Gasteiger partial charge in [0.2, 0.25) is 0 Å². The second-order valence-electron chi connectivity index (χ2n) is 2.89. The van der Waals surface area contributed by atoms with Crippen LogP contribution < -0.4 is 0 Å². The molecule has 6 heteroatoms. The van der Waals surface area contributed by atoms with Gasteiger partial charge >= 0.3 is 17.9 Å². The number of esters is 3. The average molecular weight is 186 g/mol. The molecule has 1 spiro atoms. The summed E-state index contributed by atoms with van der Waals surface area (Å²) in [6, 6.07) is 0. The highest BCUT2D eigenvalue weighted by molar-refractivity contribution is 5.98. The summed E-state index contributed by atoms with van der Waals surface area (Å²) in [4.78, 5) is 32.8. The van der Waals surface area contributed by atoms with Crippen molar-refractivity contribution in [2.24, 2.45) is 0 Å². The third-order valence-corrected chi connectivity index (χ3v) is 1.98. The van der Waals surface area contributed by atoms with Crippen LogP contribution in [-0.4, -0.2) is 30.3 Å². The third-order valence-electron chi connectivity index (χ3n) is 1.98. The molecule has 0 bridgehead atoms. The minimum absolute atomic E-state index is 0.209. The van der Waals surface area contributed by atoms with Crippen LogP contribution in [-0.2, 0) is 28.6 Å². The molecule has 13 heavy (non-hydrogen) atoms. The predicted molar refractivity (Wildman–Crippen MR) is 35.1 cm³/mol. The van der Waals surface area contributed by atoms with Crippen molar-refractivity contribution in [2.45, 2.75) is 18.4 Å². The Morgan fingerprint density at radius 2 is 1.69 bits per heavy atom. The van der Waals surface area contributed by atoms with E-state index in [4.69, 9.17) is 4.74 Å². The second kappa shape index (κ2) is 2.53. The molecule has 2 rings (SSSR count). The van der Waals surface area contributed by atoms with E-state index in [1.165, 1.54) is 0 Å². The number of hydrogen-bond donors (Lipinski definition) is 0. The van der Waals surface area contributed by atoms with Crippen LogP contribution in [0.3, 0.4) is 0 Å². The Labute approximate surface area is 72.7 Å². The fourth-order valence-corrected chi connectivity index (χ4v) is 1.36. The normalized spacial score (nSPS) is 26.0. The molecule has 2 fully saturated rings. The highest BCUT2D eigenvalue weighted by Gasteiger charge is 2.53. The largest absolute Gasteiger partial charge is 0.436 e. The summed E-state index contributed by atoms with van der Waals surface area (Å²) in [5.74, 6) is -2.18. The summed E-state index contributed by atoms with van der Waals surface area (Å²) >= 11 is 0. The molecule has 2 saturated heterocycles. The van der Waals surface area contributed by atoms with E-state index in [9.17, 15) is 14.4 Å². The van der Waals surface area contributed by atoms with Gasteiger partial charge in [-0.25, -0.2) is 4.79 Å². The molecule has 0 aromatic carbocycles. The Kier molecular flexibility index (Phi) is 1.59. The van der Waals surface area contributed by atoms with Crippen molar-refractivity contribution in [1.29, 1.82) is 0 Å². The lowest BCUT2D eigenvalue weighted by molar-refractivity contribution is -0.178. The summed E-state index contributed by atoms with van der Waals surface area (Å²) in [5.41, 5.74) is -1.41. The van der Waals surface area contributed by atoms with Crippen LogP contribution in [0.2, 0.25) is 0 Å². The van der Waals surface area contributed by atoms with E-state index in [1.807, 2.05) is 0 Å². The van der Waals surface area contributed by atoms with Gasteiger partial charge in [0.15, 0.2) is 12.4 Å². The first-order valence-corrected chi connectivity index (χ1v) is 3.67. The molecule has 0 unspecified atom stereocenters. The molecule has 0 aromatic rings. The molecule has 70 valence electrons. The third kappa shape index (κ3) is 1.19. The first kappa shape index (κ1) is 8.18. The number of carbonyl (C=O) groups is 3. The van der Waals surface area contributed by atoms with Crippen molar-refractivity contribution in [3.63, 3.8) is 0 Å². The van der Waals surface area contributed by atoms with Gasteiger partial charge < -0.3 is 14.2 Å². The van der Waals surface area contributed by atoms with Gasteiger partial charge in [0.1, 0.15) is 0 Å². The number of rotatable bonds is 0. The number of ether oxygens (including phenoxy) is 3. The van der Waals surface area contributed by atoms with Gasteiger partial charge in [0, 0.05) is 0 Å². The first-order valence-electron chi connectivity index (χ1n) is 3.67. The molecule has 0 saturated carbocycles. The quantitative estimate of drug-likeness (QED) is 0.361. The zero-order valence-electron chi connectivity index (χ0n) is 6.57. The maximum Gasteiger partial charge on any atom is 0.341 e. The van der Waals surface area contributed by atoms with Crippen LogP contribution >= 0.6 is 0 Å². The average Bonchev–Trinajstić information content (AvgIpc) is 2.30. The fourth-order valence-electron chi connectivity index (χ4n) is 1.36. The Morgan fingerprint density at radius 1 is 1.08 bits per heavy atom. The number of cyclic esters (lactones) is 3. The lowest BCUT2D eigenvalue weighted by Crippen LogP contribution is -2.46. The summed E-state index contributed by atoms with van der Waals surface area (Å²) < 4.78 is 13.7. The molecule has 0 radical (unpaired) electrons. The summed E-state index contributed by atoms with van der Waals surface area (Å²) in [7, 11) is 0. The molecule has 2 heterocycles. The minimum Gasteiger partial charge on any atom is -0.436 e. The second-order valence-corrected chi connectivity index (χ2v) is 2.89. The highest BCUT2D eigenvalue weighted by Crippen LogP contribution is 2.31. The zero-order valence-corrected chi connectivity index (χ0v) is 6.57. The van der Waals surface area contributed by atoms with E-state index in [2.05, 4.69) is 9.47 Å². The number of hydrogen-bond acceptors (Lipinski definition) is 6. The zero-order chi connectivity index (χ0) is 9.47. The van der Waals surface area contributed by atoms with E-state index in [0.717, 1.165) is 0 Å². The summed E-state index contributed by atoms with van der Waals surface area (Å²) in [6.07, 6.45) is -0.505. The van der Waals surface area contributed by atoms with E-state index in [0.29, 0.717) is 0 Å². The van der Waals surface area contributed by atoms with E-state index < -0.39 is 23.5 Å². The maximum absolute atomic E-state index is 11.1. The van der Waals surface area contributed by atoms with Gasteiger partial charge in [0.05, 0.1) is 12.8 Å². The molecule has 2 aliphatic heterocycles. The molecule has 0 aliphatic carbocycles. The smallest absolute Gasteiger partial charge is 0.341 e. The Hall–Kier alpha value is -1.43. The van der Waals surface area contributed by atoms with E-state index in [-0.39, 0.29) is 19.6 Å². The van der Waals surface area contributed by atoms with Gasteiger partial charge in [-0.3, -0.25) is 9.59 Å². The molecule has 0 amide bonds. The van der Waals surface area contributed by atoms with Gasteiger partial charge in [-0.05, 0) is 0 Å². The first-order chi connectivity index (χ1) is 6.12. The van der Waals surface area contributed by atoms with Crippen molar-refractivity contribution in [3.05, 3.63) is 0 Å². The van der Waals surface area contributed by atoms with Crippen molar-refractivity contribution in [1.82, 2.24) is 0 Å². The fraction of sp³-hybridized carbons (Fsp3) is 0.571. The SMILES string of the molecule is O=C1CC2(CC(=O)O1)OCOC2=O. The topological polar surface area (TPSA) is 78.9 Å². The van der Waals surface area contributed by atoms with Gasteiger partial charge in [-0.2, -0.15) is 0 Å². The minimum atomic E-state index is -1.41. The van der Waals surface area contributed by atoms with Crippen molar-refractivity contribution < 1.29 is 28.6 Å². The van der Waals surface area contributed by atoms with Crippen LogP contribution in [0.4, 0.5) is 0 Å². The van der Waals surface area contributed by atoms with Crippen molar-refractivity contribution in [2.75, 3.05) is 6.79 Å². The van der Waals surface area contributed by atoms with Crippen LogP contribution in [0.15, 0.2) is 0 Å². The summed E-state index contributed by atoms with van der Waals surface area (Å²) in [6.45, 7) is -0.209. The molecule has 0 atom stereocenters. The van der Waals surface area contributed by atoms with Crippen molar-refractivity contribution >= 4 is 17.9 Å². The van der Waals surface area contributed by atoms with Crippen LogP contribution in [0.5, 0.6) is 0 Å². The highest BCUT2D eigenvalue weighted by atomic mass is 16.7. The van der Waals surface area contributed by atoms with Crippen molar-refractivity contribution in [3.8, 4) is 0 Å². The molecule has 0 aromatic heterocycles. The van der Waals surface area contributed by atoms with Crippen LogP contribution in [0.1, 0.15) is 12.8 Å². The lowest BCUT2D eigenvalue weighted by Gasteiger charge is -2.24. The lowest BCUT2D eigenvalue weighted by atomic mass is 9.94. The maximum atomic E-state index is 11.1. The van der Waals surface area contributed by atoms with E-state index >= 15 is 0 Å². The van der Waals surface area contributed by atoms with Gasteiger partial charge in [-0.1, -0.05) is 0 Å². The Bertz CT molecular complexity index is 277.